The van der Waals surface area contributed by atoms with Crippen molar-refractivity contribution < 1.29 is 14.6 Å². The van der Waals surface area contributed by atoms with Crippen LogP contribution in [-0.2, 0) is 6.54 Å². The first-order chi connectivity index (χ1) is 16.0. The number of carboxylic acids is 1. The van der Waals surface area contributed by atoms with E-state index in [-0.39, 0.29) is 6.04 Å². The molecule has 1 aliphatic carbocycles. The second-order valence-corrected chi connectivity index (χ2v) is 9.88. The first-order valence-electron chi connectivity index (χ1n) is 12.3. The predicted octanol–water partition coefficient (Wildman–Crippen LogP) is 6.33. The Labute approximate surface area is 195 Å². The Morgan fingerprint density at radius 1 is 1.12 bits per heavy atom. The Hall–Kier alpha value is -2.79. The summed E-state index contributed by atoms with van der Waals surface area (Å²) in [6.45, 7) is 3.99. The Morgan fingerprint density at radius 3 is 2.58 bits per heavy atom. The van der Waals surface area contributed by atoms with E-state index in [1.807, 2.05) is 18.3 Å². The fourth-order valence-electron chi connectivity index (χ4n) is 6.27. The molecule has 2 N–H and O–H groups in total. The number of ether oxygens (including phenoxy) is 1. The minimum Gasteiger partial charge on any atom is -0.496 e. The summed E-state index contributed by atoms with van der Waals surface area (Å²) in [6, 6.07) is 12.1. The van der Waals surface area contributed by atoms with E-state index < -0.39 is 5.97 Å². The third-order valence-electron chi connectivity index (χ3n) is 8.06. The highest BCUT2D eigenvalue weighted by atomic mass is 16.5. The summed E-state index contributed by atoms with van der Waals surface area (Å²) in [7, 11) is 1.76. The third kappa shape index (κ3) is 4.26. The number of rotatable bonds is 6. The number of H-pyrrole nitrogens is 1. The van der Waals surface area contributed by atoms with Crippen LogP contribution >= 0.6 is 0 Å². The number of hydrogen-bond donors (Lipinski definition) is 2. The van der Waals surface area contributed by atoms with Gasteiger partial charge < -0.3 is 14.8 Å². The second kappa shape index (κ2) is 9.22. The number of aryl methyl sites for hydroxylation is 1. The number of aromatic nitrogens is 1. The van der Waals surface area contributed by atoms with E-state index >= 15 is 0 Å². The lowest BCUT2D eigenvalue weighted by Gasteiger charge is -2.42. The van der Waals surface area contributed by atoms with Crippen LogP contribution in [0.15, 0.2) is 42.6 Å². The van der Waals surface area contributed by atoms with Crippen molar-refractivity contribution in [2.75, 3.05) is 13.7 Å². The smallest absolute Gasteiger partial charge is 0.335 e. The lowest BCUT2D eigenvalue weighted by molar-refractivity contribution is 0.0696. The van der Waals surface area contributed by atoms with Gasteiger partial charge in [-0.05, 0) is 73.5 Å². The number of nitrogens with zero attached hydrogens (tertiary/aromatic N) is 1. The summed E-state index contributed by atoms with van der Waals surface area (Å²) >= 11 is 0. The molecule has 0 bridgehead atoms. The van der Waals surface area contributed by atoms with Gasteiger partial charge in [0.1, 0.15) is 5.75 Å². The van der Waals surface area contributed by atoms with Gasteiger partial charge in [0.05, 0.1) is 12.7 Å². The van der Waals surface area contributed by atoms with Gasteiger partial charge in [-0.15, -0.1) is 0 Å². The number of methoxy groups -OCH3 is 1. The van der Waals surface area contributed by atoms with Crippen molar-refractivity contribution in [3.05, 3.63) is 64.8 Å². The number of carboxylic acid groups (broad SMARTS) is 1. The molecule has 2 aromatic carbocycles. The minimum atomic E-state index is -0.870. The molecular weight excluding hydrogens is 412 g/mol. The van der Waals surface area contributed by atoms with Gasteiger partial charge in [0.25, 0.3) is 0 Å². The fourth-order valence-corrected chi connectivity index (χ4v) is 6.27. The van der Waals surface area contributed by atoms with Crippen molar-refractivity contribution in [3.63, 3.8) is 0 Å². The maximum atomic E-state index is 11.4. The van der Waals surface area contributed by atoms with Crippen LogP contribution in [0.25, 0.3) is 10.9 Å². The molecule has 2 fully saturated rings. The number of nitrogens with one attached hydrogen (secondary N) is 1. The highest BCUT2D eigenvalue weighted by Crippen LogP contribution is 2.44. The molecule has 5 rings (SSSR count). The van der Waals surface area contributed by atoms with Crippen molar-refractivity contribution in [3.8, 4) is 5.75 Å². The quantitative estimate of drug-likeness (QED) is 0.465. The number of piperidine rings is 1. The molecule has 0 amide bonds. The molecule has 0 radical (unpaired) electrons. The zero-order valence-electron chi connectivity index (χ0n) is 19.6. The molecule has 2 heterocycles. The van der Waals surface area contributed by atoms with Gasteiger partial charge in [-0.25, -0.2) is 4.79 Å². The maximum absolute atomic E-state index is 11.4. The van der Waals surface area contributed by atoms with Gasteiger partial charge in [0, 0.05) is 35.2 Å². The number of aromatic amines is 1. The van der Waals surface area contributed by atoms with E-state index in [0.29, 0.717) is 5.56 Å². The van der Waals surface area contributed by atoms with E-state index in [2.05, 4.69) is 28.9 Å². The number of aromatic carboxylic acids is 1. The standard InChI is InChI=1S/C28H34N2O3/c1-18-15-26(33-2)24(23-11-13-29-27(18)23)17-30-14-12-22(19-5-3-4-6-19)16-25(30)20-7-9-21(10-8-20)28(31)32/h7-11,13,15,19,22,25,29H,3-6,12,14,16-17H2,1-2H3,(H,31,32)/t22-,25-/m0/s1. The first-order valence-corrected chi connectivity index (χ1v) is 12.3. The maximum Gasteiger partial charge on any atom is 0.335 e. The summed E-state index contributed by atoms with van der Waals surface area (Å²) in [5.74, 6) is 1.67. The lowest BCUT2D eigenvalue weighted by atomic mass is 9.78. The number of fused-ring (bicyclic) bond motifs is 1. The van der Waals surface area contributed by atoms with E-state index in [0.717, 1.165) is 37.1 Å². The van der Waals surface area contributed by atoms with Crippen molar-refractivity contribution in [2.24, 2.45) is 11.8 Å². The van der Waals surface area contributed by atoms with Crippen molar-refractivity contribution >= 4 is 16.9 Å². The lowest BCUT2D eigenvalue weighted by Crippen LogP contribution is -2.38. The third-order valence-corrected chi connectivity index (χ3v) is 8.06. The molecule has 33 heavy (non-hydrogen) atoms. The summed E-state index contributed by atoms with van der Waals surface area (Å²) in [5.41, 5.74) is 5.16. The first kappa shape index (κ1) is 22.0. The van der Waals surface area contributed by atoms with Crippen LogP contribution in [0.4, 0.5) is 0 Å². The van der Waals surface area contributed by atoms with Crippen LogP contribution in [0.3, 0.4) is 0 Å². The van der Waals surface area contributed by atoms with E-state index in [1.54, 1.807) is 19.2 Å². The van der Waals surface area contributed by atoms with Gasteiger partial charge in [-0.1, -0.05) is 37.8 Å². The molecule has 0 spiro atoms. The monoisotopic (exact) mass is 446 g/mol. The van der Waals surface area contributed by atoms with Crippen molar-refractivity contribution in [2.45, 2.75) is 58.0 Å². The Morgan fingerprint density at radius 2 is 1.88 bits per heavy atom. The molecule has 2 aliphatic rings. The molecule has 5 nitrogen and oxygen atoms in total. The largest absolute Gasteiger partial charge is 0.496 e. The topological polar surface area (TPSA) is 65.6 Å². The van der Waals surface area contributed by atoms with Crippen LogP contribution in [0.2, 0.25) is 0 Å². The molecule has 1 saturated heterocycles. The normalized spacial score (nSPS) is 22.1. The zero-order chi connectivity index (χ0) is 22.9. The van der Waals surface area contributed by atoms with Crippen molar-refractivity contribution in [1.29, 1.82) is 0 Å². The molecule has 1 saturated carbocycles. The SMILES string of the molecule is COc1cc(C)c2[nH]ccc2c1CN1CC[C@H](C2CCCC2)C[C@H]1c1ccc(C(=O)O)cc1. The van der Waals surface area contributed by atoms with Crippen LogP contribution in [-0.4, -0.2) is 34.6 Å². The van der Waals surface area contributed by atoms with Crippen LogP contribution in [0.1, 0.15) is 71.6 Å². The molecule has 1 aliphatic heterocycles. The number of likely N-dealkylation sites (tertiary alicyclic amines) is 1. The molecule has 1 aromatic heterocycles. The van der Waals surface area contributed by atoms with Gasteiger partial charge in [-0.2, -0.15) is 0 Å². The Bertz CT molecular complexity index is 1130. The van der Waals surface area contributed by atoms with Crippen LogP contribution in [0.5, 0.6) is 5.75 Å². The second-order valence-electron chi connectivity index (χ2n) is 9.88. The molecule has 3 aromatic rings. The Kier molecular flexibility index (Phi) is 6.15. The summed E-state index contributed by atoms with van der Waals surface area (Å²) < 4.78 is 5.82. The summed E-state index contributed by atoms with van der Waals surface area (Å²) in [5, 5.41) is 10.6. The van der Waals surface area contributed by atoms with E-state index in [4.69, 9.17) is 4.74 Å². The highest BCUT2D eigenvalue weighted by molar-refractivity contribution is 5.88. The summed E-state index contributed by atoms with van der Waals surface area (Å²) in [6.07, 6.45) is 9.86. The molecule has 5 heteroatoms. The molecular formula is C28H34N2O3. The van der Waals surface area contributed by atoms with Gasteiger partial charge in [0.15, 0.2) is 0 Å². The van der Waals surface area contributed by atoms with Crippen LogP contribution < -0.4 is 4.74 Å². The number of benzene rings is 2. The predicted molar refractivity (Wildman–Crippen MR) is 131 cm³/mol. The minimum absolute atomic E-state index is 0.284. The van der Waals surface area contributed by atoms with Crippen LogP contribution in [0, 0.1) is 18.8 Å². The molecule has 0 unspecified atom stereocenters. The molecule has 2 atom stereocenters. The molecule has 174 valence electrons. The average molecular weight is 447 g/mol. The number of carbonyl (C=O) groups is 1. The number of hydrogen-bond acceptors (Lipinski definition) is 3. The van der Waals surface area contributed by atoms with Crippen molar-refractivity contribution in [1.82, 2.24) is 9.88 Å². The average Bonchev–Trinajstić information content (AvgIpc) is 3.54. The van der Waals surface area contributed by atoms with Gasteiger partial charge in [0.2, 0.25) is 0 Å². The van der Waals surface area contributed by atoms with Gasteiger partial charge in [-0.3, -0.25) is 4.90 Å². The van der Waals surface area contributed by atoms with E-state index in [1.165, 1.54) is 59.7 Å². The van der Waals surface area contributed by atoms with Gasteiger partial charge >= 0.3 is 5.97 Å². The van der Waals surface area contributed by atoms with E-state index in [9.17, 15) is 9.90 Å². The zero-order valence-corrected chi connectivity index (χ0v) is 19.6. The summed E-state index contributed by atoms with van der Waals surface area (Å²) in [4.78, 5) is 17.4. The highest BCUT2D eigenvalue weighted by Gasteiger charge is 2.35. The Balaban J connectivity index is 1.48. The fraction of sp³-hybridized carbons (Fsp3) is 0.464.